The number of nitrogens with zero attached hydrogens (tertiary/aromatic N) is 1. The second-order valence-corrected chi connectivity index (χ2v) is 6.24. The number of hydrogen-bond acceptors (Lipinski definition) is 4. The van der Waals surface area contributed by atoms with Gasteiger partial charge in [-0.2, -0.15) is 0 Å². The Morgan fingerprint density at radius 1 is 0.960 bits per heavy atom. The molecule has 0 aliphatic carbocycles. The number of anilines is 1. The van der Waals surface area contributed by atoms with Crippen LogP contribution < -0.4 is 15.4 Å². The summed E-state index contributed by atoms with van der Waals surface area (Å²) in [6, 6.07) is 8.64. The molecule has 0 bridgehead atoms. The highest BCUT2D eigenvalue weighted by Gasteiger charge is 2.12. The zero-order chi connectivity index (χ0) is 18.4. The molecule has 0 radical (unpaired) electrons. The van der Waals surface area contributed by atoms with Crippen LogP contribution in [0.5, 0.6) is 5.75 Å². The predicted octanol–water partition coefficient (Wildman–Crippen LogP) is 3.26. The van der Waals surface area contributed by atoms with E-state index in [9.17, 15) is 9.59 Å². The van der Waals surface area contributed by atoms with E-state index in [0.29, 0.717) is 16.8 Å². The van der Waals surface area contributed by atoms with Crippen molar-refractivity contribution in [2.45, 2.75) is 39.8 Å². The highest BCUT2D eigenvalue weighted by atomic mass is 16.5. The fourth-order valence-corrected chi connectivity index (χ4v) is 2.13. The number of carbonyl (C=O) groups excluding carboxylic acids is 2. The molecular formula is C19H23N3O3. The molecule has 1 aromatic heterocycles. The van der Waals surface area contributed by atoms with Gasteiger partial charge in [0, 0.05) is 24.1 Å². The third-order valence-corrected chi connectivity index (χ3v) is 3.17. The van der Waals surface area contributed by atoms with Gasteiger partial charge in [-0.05, 0) is 58.0 Å². The van der Waals surface area contributed by atoms with Crippen molar-refractivity contribution < 1.29 is 14.3 Å². The van der Waals surface area contributed by atoms with E-state index in [1.54, 1.807) is 24.3 Å². The van der Waals surface area contributed by atoms with Crippen LogP contribution in [-0.2, 0) is 0 Å². The predicted molar refractivity (Wildman–Crippen MR) is 97.0 cm³/mol. The van der Waals surface area contributed by atoms with Gasteiger partial charge in [-0.1, -0.05) is 0 Å². The largest absolute Gasteiger partial charge is 0.491 e. The first-order valence-electron chi connectivity index (χ1n) is 8.19. The molecule has 0 unspecified atom stereocenters. The van der Waals surface area contributed by atoms with Gasteiger partial charge >= 0.3 is 0 Å². The maximum absolute atomic E-state index is 12.4. The van der Waals surface area contributed by atoms with Crippen molar-refractivity contribution in [3.63, 3.8) is 0 Å². The number of nitrogens with one attached hydrogen (secondary N) is 2. The first-order chi connectivity index (χ1) is 11.8. The number of pyridine rings is 1. The molecule has 0 aliphatic heterocycles. The molecule has 2 aromatic rings. The van der Waals surface area contributed by atoms with E-state index in [1.165, 1.54) is 18.5 Å². The summed E-state index contributed by atoms with van der Waals surface area (Å²) in [4.78, 5) is 28.4. The molecule has 2 amide bonds. The van der Waals surface area contributed by atoms with Crippen molar-refractivity contribution in [3.05, 3.63) is 53.9 Å². The summed E-state index contributed by atoms with van der Waals surface area (Å²) >= 11 is 0. The Morgan fingerprint density at radius 3 is 2.12 bits per heavy atom. The van der Waals surface area contributed by atoms with Gasteiger partial charge in [0.25, 0.3) is 11.8 Å². The van der Waals surface area contributed by atoms with Gasteiger partial charge < -0.3 is 15.4 Å². The molecule has 2 rings (SSSR count). The van der Waals surface area contributed by atoms with Crippen LogP contribution in [0.4, 0.5) is 5.69 Å². The van der Waals surface area contributed by atoms with E-state index in [2.05, 4.69) is 15.6 Å². The van der Waals surface area contributed by atoms with Crippen molar-refractivity contribution in [1.82, 2.24) is 10.3 Å². The van der Waals surface area contributed by atoms with Gasteiger partial charge in [-0.15, -0.1) is 0 Å². The Morgan fingerprint density at radius 2 is 1.56 bits per heavy atom. The molecule has 0 saturated heterocycles. The maximum atomic E-state index is 12.4. The second-order valence-electron chi connectivity index (χ2n) is 6.24. The summed E-state index contributed by atoms with van der Waals surface area (Å²) < 4.78 is 5.57. The monoisotopic (exact) mass is 341 g/mol. The number of amides is 2. The standard InChI is InChI=1S/C19H23N3O3/c1-12(2)21-18(23)14-9-15(11-20-10-14)19(24)22-16-5-7-17(8-6-16)25-13(3)4/h5-13H,1-4H3,(H,21,23)(H,22,24). The zero-order valence-corrected chi connectivity index (χ0v) is 14.9. The van der Waals surface area contributed by atoms with Crippen LogP contribution in [0, 0.1) is 0 Å². The number of benzene rings is 1. The first-order valence-corrected chi connectivity index (χ1v) is 8.19. The van der Waals surface area contributed by atoms with Gasteiger partial charge in [-0.3, -0.25) is 14.6 Å². The molecule has 132 valence electrons. The Labute approximate surface area is 147 Å². The second kappa shape index (κ2) is 8.28. The molecule has 1 aromatic carbocycles. The topological polar surface area (TPSA) is 80.3 Å². The minimum atomic E-state index is -0.329. The molecular weight excluding hydrogens is 318 g/mol. The molecule has 0 aliphatic rings. The maximum Gasteiger partial charge on any atom is 0.257 e. The summed E-state index contributed by atoms with van der Waals surface area (Å²) in [6.07, 6.45) is 2.95. The lowest BCUT2D eigenvalue weighted by molar-refractivity contribution is 0.0942. The van der Waals surface area contributed by atoms with Crippen LogP contribution in [0.15, 0.2) is 42.7 Å². The third kappa shape index (κ3) is 5.60. The minimum absolute atomic E-state index is 0.0107. The van der Waals surface area contributed by atoms with Gasteiger partial charge in [-0.25, -0.2) is 0 Å². The molecule has 6 nitrogen and oxygen atoms in total. The highest BCUT2D eigenvalue weighted by molar-refractivity contribution is 6.05. The average Bonchev–Trinajstić information content (AvgIpc) is 2.55. The summed E-state index contributed by atoms with van der Waals surface area (Å²) in [5.74, 6) is 0.151. The summed E-state index contributed by atoms with van der Waals surface area (Å²) in [5.41, 5.74) is 1.30. The lowest BCUT2D eigenvalue weighted by Gasteiger charge is -2.11. The molecule has 6 heteroatoms. The Bertz CT molecular complexity index is 740. The highest BCUT2D eigenvalue weighted by Crippen LogP contribution is 2.17. The smallest absolute Gasteiger partial charge is 0.257 e. The molecule has 0 saturated carbocycles. The van der Waals surface area contributed by atoms with Crippen LogP contribution in [0.2, 0.25) is 0 Å². The average molecular weight is 341 g/mol. The first kappa shape index (κ1) is 18.4. The molecule has 25 heavy (non-hydrogen) atoms. The van der Waals surface area contributed by atoms with E-state index < -0.39 is 0 Å². The Hall–Kier alpha value is -2.89. The Kier molecular flexibility index (Phi) is 6.11. The Balaban J connectivity index is 2.06. The van der Waals surface area contributed by atoms with Crippen LogP contribution in [0.1, 0.15) is 48.4 Å². The molecule has 1 heterocycles. The number of ether oxygens (including phenoxy) is 1. The molecule has 0 atom stereocenters. The summed E-state index contributed by atoms with van der Waals surface area (Å²) in [7, 11) is 0. The number of carbonyl (C=O) groups is 2. The quantitative estimate of drug-likeness (QED) is 0.845. The van der Waals surface area contributed by atoms with Gasteiger partial charge in [0.05, 0.1) is 17.2 Å². The SMILES string of the molecule is CC(C)NC(=O)c1cncc(C(=O)Nc2ccc(OC(C)C)cc2)c1. The number of rotatable bonds is 6. The normalized spacial score (nSPS) is 10.6. The minimum Gasteiger partial charge on any atom is -0.491 e. The van der Waals surface area contributed by atoms with E-state index >= 15 is 0 Å². The van der Waals surface area contributed by atoms with Gasteiger partial charge in [0.1, 0.15) is 5.75 Å². The van der Waals surface area contributed by atoms with Crippen LogP contribution in [0.3, 0.4) is 0 Å². The fourth-order valence-electron chi connectivity index (χ4n) is 2.13. The van der Waals surface area contributed by atoms with Crippen molar-refractivity contribution >= 4 is 17.5 Å². The van der Waals surface area contributed by atoms with E-state index in [1.807, 2.05) is 27.7 Å². The van der Waals surface area contributed by atoms with Crippen molar-refractivity contribution in [2.24, 2.45) is 0 Å². The lowest BCUT2D eigenvalue weighted by Crippen LogP contribution is -2.30. The van der Waals surface area contributed by atoms with Crippen LogP contribution >= 0.6 is 0 Å². The van der Waals surface area contributed by atoms with Crippen molar-refractivity contribution in [1.29, 1.82) is 0 Å². The van der Waals surface area contributed by atoms with Gasteiger partial charge in [0.15, 0.2) is 0 Å². The number of aromatic nitrogens is 1. The van der Waals surface area contributed by atoms with Crippen molar-refractivity contribution in [3.8, 4) is 5.75 Å². The summed E-state index contributed by atoms with van der Waals surface area (Å²) in [5, 5.41) is 5.55. The van der Waals surface area contributed by atoms with E-state index in [0.717, 1.165) is 5.75 Å². The summed E-state index contributed by atoms with van der Waals surface area (Å²) in [6.45, 7) is 7.64. The van der Waals surface area contributed by atoms with E-state index in [4.69, 9.17) is 4.74 Å². The molecule has 2 N–H and O–H groups in total. The van der Waals surface area contributed by atoms with Crippen molar-refractivity contribution in [2.75, 3.05) is 5.32 Å². The third-order valence-electron chi connectivity index (χ3n) is 3.17. The van der Waals surface area contributed by atoms with E-state index in [-0.39, 0.29) is 24.0 Å². The number of hydrogen-bond donors (Lipinski definition) is 2. The zero-order valence-electron chi connectivity index (χ0n) is 14.9. The molecule has 0 spiro atoms. The van der Waals surface area contributed by atoms with Gasteiger partial charge in [0.2, 0.25) is 0 Å². The van der Waals surface area contributed by atoms with Crippen LogP contribution in [0.25, 0.3) is 0 Å². The lowest BCUT2D eigenvalue weighted by atomic mass is 10.1. The molecule has 0 fully saturated rings. The van der Waals surface area contributed by atoms with Crippen LogP contribution in [-0.4, -0.2) is 28.9 Å². The fraction of sp³-hybridized carbons (Fsp3) is 0.316.